The van der Waals surface area contributed by atoms with Gasteiger partial charge in [0.2, 0.25) is 15.9 Å². The van der Waals surface area contributed by atoms with Crippen molar-refractivity contribution in [2.45, 2.75) is 24.0 Å². The third kappa shape index (κ3) is 5.00. The third-order valence-electron chi connectivity index (χ3n) is 4.42. The molecule has 3 aromatic rings. The zero-order chi connectivity index (χ0) is 23.0. The molecule has 12 heteroatoms. The molecule has 0 radical (unpaired) electrons. The van der Waals surface area contributed by atoms with Gasteiger partial charge in [0.25, 0.3) is 0 Å². The highest BCUT2D eigenvalue weighted by Gasteiger charge is 2.41. The van der Waals surface area contributed by atoms with Crippen molar-refractivity contribution in [3.8, 4) is 17.0 Å². The topological polar surface area (TPSA) is 86.1 Å². The van der Waals surface area contributed by atoms with Gasteiger partial charge in [-0.3, -0.25) is 4.68 Å². The Morgan fingerprint density at radius 1 is 1.23 bits per heavy atom. The Hall–Kier alpha value is -2.63. The molecule has 31 heavy (non-hydrogen) atoms. The number of aromatic nitrogens is 3. The van der Waals surface area contributed by atoms with Crippen molar-refractivity contribution in [1.29, 1.82) is 0 Å². The number of nitrogens with one attached hydrogen (secondary N) is 1. The van der Waals surface area contributed by atoms with E-state index in [2.05, 4.69) is 14.8 Å². The quantitative estimate of drug-likeness (QED) is 0.578. The van der Waals surface area contributed by atoms with Gasteiger partial charge in [-0.2, -0.15) is 18.3 Å². The monoisotopic (exact) mass is 474 g/mol. The summed E-state index contributed by atoms with van der Waals surface area (Å²) in [6.45, 7) is 1.53. The fourth-order valence-corrected chi connectivity index (χ4v) is 4.56. The van der Waals surface area contributed by atoms with Gasteiger partial charge in [0.1, 0.15) is 4.90 Å². The summed E-state index contributed by atoms with van der Waals surface area (Å²) in [5, 5.41) is 3.66. The van der Waals surface area contributed by atoms with Crippen LogP contribution in [0.4, 0.5) is 13.2 Å². The van der Waals surface area contributed by atoms with E-state index in [0.29, 0.717) is 22.0 Å². The minimum Gasteiger partial charge on any atom is -0.481 e. The molecular weight excluding hydrogens is 457 g/mol. The van der Waals surface area contributed by atoms with E-state index in [9.17, 15) is 21.6 Å². The number of alkyl halides is 3. The molecule has 0 saturated heterocycles. The van der Waals surface area contributed by atoms with Gasteiger partial charge >= 0.3 is 6.18 Å². The predicted octanol–water partition coefficient (Wildman–Crippen LogP) is 4.20. The highest BCUT2D eigenvalue weighted by Crippen LogP contribution is 2.34. The third-order valence-corrected chi connectivity index (χ3v) is 6.17. The second-order valence-electron chi connectivity index (χ2n) is 6.69. The Kier molecular flexibility index (Phi) is 6.30. The molecule has 3 rings (SSSR count). The van der Waals surface area contributed by atoms with E-state index in [1.807, 2.05) is 0 Å². The lowest BCUT2D eigenvalue weighted by molar-refractivity contribution is -0.143. The van der Waals surface area contributed by atoms with Crippen LogP contribution in [0.1, 0.15) is 24.2 Å². The van der Waals surface area contributed by atoms with Crippen LogP contribution in [-0.2, 0) is 23.2 Å². The lowest BCUT2D eigenvalue weighted by atomic mass is 10.0. The molecule has 0 aliphatic rings. The molecule has 0 fully saturated rings. The fourth-order valence-electron chi connectivity index (χ4n) is 2.97. The molecule has 7 nitrogen and oxygen atoms in total. The van der Waals surface area contributed by atoms with Gasteiger partial charge in [-0.15, -0.1) is 0 Å². The molecule has 1 N–H and O–H groups in total. The fraction of sp³-hybridized carbons (Fsp3) is 0.263. The van der Waals surface area contributed by atoms with Gasteiger partial charge in [-0.05, 0) is 24.1 Å². The minimum absolute atomic E-state index is 0.363. The van der Waals surface area contributed by atoms with Crippen LogP contribution in [0, 0.1) is 0 Å². The number of hydrogen-bond acceptors (Lipinski definition) is 5. The maximum atomic E-state index is 13.2. The van der Waals surface area contributed by atoms with Crippen LogP contribution in [0.25, 0.3) is 11.1 Å². The van der Waals surface area contributed by atoms with Gasteiger partial charge in [0, 0.05) is 31.0 Å². The van der Waals surface area contributed by atoms with Crippen molar-refractivity contribution in [2.75, 3.05) is 7.11 Å². The normalized spacial score (nSPS) is 13.3. The average Bonchev–Trinajstić information content (AvgIpc) is 3.11. The number of pyridine rings is 1. The number of halogens is 4. The summed E-state index contributed by atoms with van der Waals surface area (Å²) in [5.41, 5.74) is 0.432. The summed E-state index contributed by atoms with van der Waals surface area (Å²) >= 11 is 6.00. The number of aryl methyl sites for hydroxylation is 1. The highest BCUT2D eigenvalue weighted by molar-refractivity contribution is 7.89. The summed E-state index contributed by atoms with van der Waals surface area (Å²) in [6.07, 6.45) is -2.64. The predicted molar refractivity (Wildman–Crippen MR) is 108 cm³/mol. The second-order valence-corrected chi connectivity index (χ2v) is 8.81. The first-order valence-electron chi connectivity index (χ1n) is 8.85. The van der Waals surface area contributed by atoms with Crippen molar-refractivity contribution in [3.63, 3.8) is 0 Å². The lowest BCUT2D eigenvalue weighted by Gasteiger charge is -2.16. The Morgan fingerprint density at radius 2 is 1.87 bits per heavy atom. The molecule has 0 aliphatic carbocycles. The summed E-state index contributed by atoms with van der Waals surface area (Å²) < 4.78 is 73.0. The molecule has 1 aromatic carbocycles. The standard InChI is InChI=1S/C19H18ClF3N4O3S/c1-11(26-31(28,29)16-10-27(2)25-17(16)19(21,22)23)12-4-6-13(7-5-12)15-8-14(20)9-24-18(15)30-3/h4-11,26H,1-3H3/t11-/m1/s1. The Bertz CT molecular complexity index is 1200. The van der Waals surface area contributed by atoms with Crippen LogP contribution >= 0.6 is 11.6 Å². The molecule has 2 heterocycles. The molecular formula is C19H18ClF3N4O3S. The maximum Gasteiger partial charge on any atom is 0.436 e. The Balaban J connectivity index is 1.87. The first-order chi connectivity index (χ1) is 14.4. The van der Waals surface area contributed by atoms with Gasteiger partial charge in [-0.25, -0.2) is 18.1 Å². The number of hydrogen-bond donors (Lipinski definition) is 1. The van der Waals surface area contributed by atoms with Gasteiger partial charge in [0.15, 0.2) is 5.69 Å². The van der Waals surface area contributed by atoms with E-state index < -0.39 is 32.8 Å². The van der Waals surface area contributed by atoms with Crippen molar-refractivity contribution >= 4 is 21.6 Å². The maximum absolute atomic E-state index is 13.2. The molecule has 2 aromatic heterocycles. The van der Waals surface area contributed by atoms with E-state index in [4.69, 9.17) is 16.3 Å². The molecule has 166 valence electrons. The number of benzene rings is 1. The SMILES string of the molecule is COc1ncc(Cl)cc1-c1ccc([C@@H](C)NS(=O)(=O)c2cn(C)nc2C(F)(F)F)cc1. The van der Waals surface area contributed by atoms with Crippen molar-refractivity contribution in [3.05, 3.63) is 59.0 Å². The van der Waals surface area contributed by atoms with E-state index in [-0.39, 0.29) is 0 Å². The van der Waals surface area contributed by atoms with Gasteiger partial charge < -0.3 is 4.74 Å². The number of rotatable bonds is 6. The number of ether oxygens (including phenoxy) is 1. The van der Waals surface area contributed by atoms with Gasteiger partial charge in [0.05, 0.1) is 12.1 Å². The highest BCUT2D eigenvalue weighted by atomic mass is 35.5. The van der Waals surface area contributed by atoms with Crippen molar-refractivity contribution < 1.29 is 26.3 Å². The first kappa shape index (κ1) is 23.0. The molecule has 0 amide bonds. The van der Waals surface area contributed by atoms with Crippen LogP contribution in [0.15, 0.2) is 47.6 Å². The zero-order valence-corrected chi connectivity index (χ0v) is 18.2. The Morgan fingerprint density at radius 3 is 2.45 bits per heavy atom. The number of nitrogens with zero attached hydrogens (tertiary/aromatic N) is 3. The van der Waals surface area contributed by atoms with Crippen LogP contribution in [0.5, 0.6) is 5.88 Å². The molecule has 0 saturated carbocycles. The Labute approximate surface area is 181 Å². The molecule has 0 bridgehead atoms. The van der Waals surface area contributed by atoms with E-state index in [1.165, 1.54) is 27.3 Å². The van der Waals surface area contributed by atoms with Crippen LogP contribution in [-0.4, -0.2) is 30.3 Å². The first-order valence-corrected chi connectivity index (χ1v) is 10.7. The smallest absolute Gasteiger partial charge is 0.436 e. The molecule has 0 spiro atoms. The number of sulfonamides is 1. The summed E-state index contributed by atoms with van der Waals surface area (Å²) in [4.78, 5) is 3.17. The van der Waals surface area contributed by atoms with E-state index in [0.717, 1.165) is 16.4 Å². The van der Waals surface area contributed by atoms with Crippen LogP contribution < -0.4 is 9.46 Å². The largest absolute Gasteiger partial charge is 0.481 e. The zero-order valence-electron chi connectivity index (χ0n) is 16.6. The van der Waals surface area contributed by atoms with E-state index in [1.54, 1.807) is 30.3 Å². The second kappa shape index (κ2) is 8.48. The summed E-state index contributed by atoms with van der Waals surface area (Å²) in [5.74, 6) is 0.363. The average molecular weight is 475 g/mol. The minimum atomic E-state index is -4.90. The summed E-state index contributed by atoms with van der Waals surface area (Å²) in [7, 11) is -1.79. The molecule has 0 unspecified atom stereocenters. The van der Waals surface area contributed by atoms with Crippen LogP contribution in [0.2, 0.25) is 5.02 Å². The van der Waals surface area contributed by atoms with Gasteiger partial charge in [-0.1, -0.05) is 35.9 Å². The molecule has 0 aliphatic heterocycles. The molecule has 1 atom stereocenters. The lowest BCUT2D eigenvalue weighted by Crippen LogP contribution is -2.28. The van der Waals surface area contributed by atoms with Crippen LogP contribution in [0.3, 0.4) is 0 Å². The summed E-state index contributed by atoms with van der Waals surface area (Å²) in [6, 6.07) is 7.59. The van der Waals surface area contributed by atoms with Crippen molar-refractivity contribution in [1.82, 2.24) is 19.5 Å². The van der Waals surface area contributed by atoms with Crippen molar-refractivity contribution in [2.24, 2.45) is 7.05 Å². The van der Waals surface area contributed by atoms with E-state index >= 15 is 0 Å². The number of methoxy groups -OCH3 is 1.